The summed E-state index contributed by atoms with van der Waals surface area (Å²) in [7, 11) is 0. The van der Waals surface area contributed by atoms with E-state index in [1.54, 1.807) is 11.8 Å². The molecule has 2 aromatic rings. The van der Waals surface area contributed by atoms with Crippen molar-refractivity contribution in [3.05, 3.63) is 40.1 Å². The van der Waals surface area contributed by atoms with Crippen molar-refractivity contribution < 1.29 is 0 Å². The third kappa shape index (κ3) is 3.54. The van der Waals surface area contributed by atoms with Gasteiger partial charge in [0, 0.05) is 22.7 Å². The summed E-state index contributed by atoms with van der Waals surface area (Å²) in [6, 6.07) is 8.24. The molecule has 0 saturated heterocycles. The van der Waals surface area contributed by atoms with Crippen molar-refractivity contribution in [2.45, 2.75) is 22.9 Å². The second-order valence-corrected chi connectivity index (χ2v) is 6.84. The van der Waals surface area contributed by atoms with E-state index in [1.165, 1.54) is 17.1 Å². The highest BCUT2D eigenvalue weighted by molar-refractivity contribution is 9.10. The molecular weight excluding hydrogens is 330 g/mol. The van der Waals surface area contributed by atoms with Gasteiger partial charge in [-0.3, -0.25) is 0 Å². The molecule has 0 bridgehead atoms. The zero-order valence-electron chi connectivity index (χ0n) is 9.97. The lowest BCUT2D eigenvalue weighted by Gasteiger charge is -2.13. The lowest BCUT2D eigenvalue weighted by Crippen LogP contribution is -2.09. The zero-order chi connectivity index (χ0) is 13.0. The first-order chi connectivity index (χ1) is 8.72. The lowest BCUT2D eigenvalue weighted by molar-refractivity contribution is 0.930. The molecule has 2 rings (SSSR count). The number of thioether (sulfide) groups is 1. The third-order valence-corrected chi connectivity index (χ3v) is 5.04. The first-order valence-corrected chi connectivity index (χ1v) is 8.12. The molecule has 0 aliphatic carbocycles. The molecule has 0 aliphatic rings. The van der Waals surface area contributed by atoms with Gasteiger partial charge in [0.15, 0.2) is 4.34 Å². The molecule has 6 heteroatoms. The van der Waals surface area contributed by atoms with Crippen LogP contribution in [-0.2, 0) is 6.42 Å². The summed E-state index contributed by atoms with van der Waals surface area (Å²) in [6.07, 6.45) is 0.876. The van der Waals surface area contributed by atoms with Crippen LogP contribution in [0.1, 0.15) is 23.6 Å². The minimum atomic E-state index is 0.222. The Morgan fingerprint density at radius 3 is 2.94 bits per heavy atom. The quantitative estimate of drug-likeness (QED) is 0.841. The van der Waals surface area contributed by atoms with Crippen molar-refractivity contribution in [1.29, 1.82) is 0 Å². The summed E-state index contributed by atoms with van der Waals surface area (Å²) in [5, 5.41) is 0.222. The van der Waals surface area contributed by atoms with Gasteiger partial charge in [0.05, 0.1) is 0 Å². The Labute approximate surface area is 123 Å². The Balaban J connectivity index is 2.14. The standard InChI is InChI=1S/C12H14BrN3S2/c1-2-11-15-12(18-16-11)17-10(7-14)8-4-3-5-9(13)6-8/h3-6,10H,2,7,14H2,1H3. The molecule has 0 amide bonds. The van der Waals surface area contributed by atoms with E-state index in [9.17, 15) is 0 Å². The van der Waals surface area contributed by atoms with Gasteiger partial charge in [-0.2, -0.15) is 4.37 Å². The van der Waals surface area contributed by atoms with Gasteiger partial charge in [-0.25, -0.2) is 4.98 Å². The number of nitrogens with two attached hydrogens (primary N) is 1. The average Bonchev–Trinajstić information content (AvgIpc) is 2.83. The molecule has 0 spiro atoms. The second-order valence-electron chi connectivity index (χ2n) is 3.73. The highest BCUT2D eigenvalue weighted by Gasteiger charge is 2.14. The largest absolute Gasteiger partial charge is 0.329 e. The SMILES string of the molecule is CCc1nsc(SC(CN)c2cccc(Br)c2)n1. The summed E-state index contributed by atoms with van der Waals surface area (Å²) >= 11 is 6.62. The fraction of sp³-hybridized carbons (Fsp3) is 0.333. The first-order valence-electron chi connectivity index (χ1n) is 5.67. The van der Waals surface area contributed by atoms with E-state index >= 15 is 0 Å². The molecule has 1 atom stereocenters. The number of halogens is 1. The molecule has 0 radical (unpaired) electrons. The van der Waals surface area contributed by atoms with Crippen LogP contribution in [0.25, 0.3) is 0 Å². The minimum Gasteiger partial charge on any atom is -0.329 e. The molecule has 0 aliphatic heterocycles. The number of aromatic nitrogens is 2. The lowest BCUT2D eigenvalue weighted by atomic mass is 10.1. The molecule has 1 aromatic heterocycles. The van der Waals surface area contributed by atoms with Crippen molar-refractivity contribution >= 4 is 39.2 Å². The van der Waals surface area contributed by atoms with Gasteiger partial charge in [0.2, 0.25) is 0 Å². The third-order valence-electron chi connectivity index (χ3n) is 2.44. The van der Waals surface area contributed by atoms with Crippen LogP contribution < -0.4 is 5.73 Å². The van der Waals surface area contributed by atoms with Crippen molar-refractivity contribution in [3.63, 3.8) is 0 Å². The van der Waals surface area contributed by atoms with Gasteiger partial charge in [-0.05, 0) is 29.2 Å². The number of hydrogen-bond donors (Lipinski definition) is 1. The number of nitrogens with zero attached hydrogens (tertiary/aromatic N) is 2. The van der Waals surface area contributed by atoms with Crippen LogP contribution in [0.4, 0.5) is 0 Å². The van der Waals surface area contributed by atoms with E-state index in [0.29, 0.717) is 6.54 Å². The Hall–Kier alpha value is -0.430. The van der Waals surface area contributed by atoms with Crippen LogP contribution in [0.2, 0.25) is 0 Å². The van der Waals surface area contributed by atoms with E-state index in [2.05, 4.69) is 44.3 Å². The summed E-state index contributed by atoms with van der Waals surface area (Å²) in [5.74, 6) is 0.910. The predicted molar refractivity (Wildman–Crippen MR) is 81.1 cm³/mol. The number of hydrogen-bond acceptors (Lipinski definition) is 5. The topological polar surface area (TPSA) is 51.8 Å². The van der Waals surface area contributed by atoms with Crippen LogP contribution in [0.15, 0.2) is 33.1 Å². The predicted octanol–water partition coefficient (Wildman–Crippen LogP) is 3.66. The molecule has 0 saturated carbocycles. The normalized spacial score (nSPS) is 12.6. The molecule has 18 heavy (non-hydrogen) atoms. The molecule has 3 nitrogen and oxygen atoms in total. The average molecular weight is 344 g/mol. The summed E-state index contributed by atoms with van der Waals surface area (Å²) in [4.78, 5) is 4.47. The monoisotopic (exact) mass is 343 g/mol. The minimum absolute atomic E-state index is 0.222. The van der Waals surface area contributed by atoms with E-state index in [-0.39, 0.29) is 5.25 Å². The van der Waals surface area contributed by atoms with Crippen LogP contribution in [0, 0.1) is 0 Å². The summed E-state index contributed by atoms with van der Waals surface area (Å²) < 4.78 is 6.36. The molecule has 1 aromatic carbocycles. The Kier molecular flexibility index (Phi) is 5.17. The molecular formula is C12H14BrN3S2. The first kappa shape index (κ1) is 14.0. The molecule has 1 heterocycles. The van der Waals surface area contributed by atoms with Crippen molar-refractivity contribution in [2.75, 3.05) is 6.54 Å². The smallest absolute Gasteiger partial charge is 0.170 e. The van der Waals surface area contributed by atoms with Gasteiger partial charge in [-0.1, -0.05) is 46.7 Å². The number of rotatable bonds is 5. The maximum absolute atomic E-state index is 5.86. The molecule has 1 unspecified atom stereocenters. The maximum atomic E-state index is 5.86. The van der Waals surface area contributed by atoms with Gasteiger partial charge >= 0.3 is 0 Å². The Bertz CT molecular complexity index is 516. The van der Waals surface area contributed by atoms with Crippen LogP contribution >= 0.6 is 39.2 Å². The van der Waals surface area contributed by atoms with E-state index in [0.717, 1.165) is 21.1 Å². The van der Waals surface area contributed by atoms with Crippen LogP contribution in [0.5, 0.6) is 0 Å². The number of benzene rings is 1. The second kappa shape index (κ2) is 6.65. The highest BCUT2D eigenvalue weighted by Crippen LogP contribution is 2.36. The van der Waals surface area contributed by atoms with E-state index in [1.807, 2.05) is 12.1 Å². The van der Waals surface area contributed by atoms with Gasteiger partial charge in [-0.15, -0.1) is 0 Å². The van der Waals surface area contributed by atoms with E-state index in [4.69, 9.17) is 5.73 Å². The molecule has 96 valence electrons. The molecule has 0 fully saturated rings. The van der Waals surface area contributed by atoms with Gasteiger partial charge < -0.3 is 5.73 Å². The van der Waals surface area contributed by atoms with E-state index < -0.39 is 0 Å². The van der Waals surface area contributed by atoms with Crippen LogP contribution in [0.3, 0.4) is 0 Å². The van der Waals surface area contributed by atoms with Gasteiger partial charge in [0.1, 0.15) is 5.82 Å². The highest BCUT2D eigenvalue weighted by atomic mass is 79.9. The zero-order valence-corrected chi connectivity index (χ0v) is 13.2. The number of aryl methyl sites for hydroxylation is 1. The maximum Gasteiger partial charge on any atom is 0.170 e. The summed E-state index contributed by atoms with van der Waals surface area (Å²) in [5.41, 5.74) is 7.08. The van der Waals surface area contributed by atoms with Crippen molar-refractivity contribution in [2.24, 2.45) is 5.73 Å². The fourth-order valence-electron chi connectivity index (χ4n) is 1.51. The van der Waals surface area contributed by atoms with Crippen molar-refractivity contribution in [1.82, 2.24) is 9.36 Å². The fourth-order valence-corrected chi connectivity index (χ4v) is 3.84. The summed E-state index contributed by atoms with van der Waals surface area (Å²) in [6.45, 7) is 2.65. The Morgan fingerprint density at radius 2 is 2.33 bits per heavy atom. The Morgan fingerprint density at radius 1 is 1.50 bits per heavy atom. The van der Waals surface area contributed by atoms with Gasteiger partial charge in [0.25, 0.3) is 0 Å². The van der Waals surface area contributed by atoms with Crippen molar-refractivity contribution in [3.8, 4) is 0 Å². The molecule has 2 N–H and O–H groups in total. The van der Waals surface area contributed by atoms with Crippen LogP contribution in [-0.4, -0.2) is 15.9 Å².